The van der Waals surface area contributed by atoms with Gasteiger partial charge in [-0.3, -0.25) is 0 Å². The molecule has 0 N–H and O–H groups in total. The van der Waals surface area contributed by atoms with Crippen molar-refractivity contribution >= 4 is 29.5 Å². The van der Waals surface area contributed by atoms with Crippen molar-refractivity contribution in [2.24, 2.45) is 9.98 Å². The summed E-state index contributed by atoms with van der Waals surface area (Å²) in [6.45, 7) is 0. The topological polar surface area (TPSA) is 85.2 Å². The van der Waals surface area contributed by atoms with E-state index in [0.717, 1.165) is 25.7 Å². The van der Waals surface area contributed by atoms with Gasteiger partial charge >= 0.3 is 5.97 Å². The molecule has 0 spiro atoms. The predicted octanol–water partition coefficient (Wildman–Crippen LogP) is 4.50. The quantitative estimate of drug-likeness (QED) is 0.445. The van der Waals surface area contributed by atoms with E-state index in [2.05, 4.69) is 9.98 Å². The molecule has 0 aromatic heterocycles. The fourth-order valence-electron chi connectivity index (χ4n) is 3.33. The van der Waals surface area contributed by atoms with Crippen molar-refractivity contribution in [2.75, 3.05) is 0 Å². The molecular weight excluding hydrogens is 344 g/mol. The van der Waals surface area contributed by atoms with Crippen molar-refractivity contribution in [1.29, 1.82) is 0 Å². The lowest BCUT2D eigenvalue weighted by Crippen LogP contribution is -2.23. The number of esters is 1. The molecule has 0 unspecified atom stereocenters. The van der Waals surface area contributed by atoms with Gasteiger partial charge in [0, 0.05) is 0 Å². The van der Waals surface area contributed by atoms with Gasteiger partial charge in [0.2, 0.25) is 12.2 Å². The molecule has 1 fully saturated rings. The van der Waals surface area contributed by atoms with Gasteiger partial charge in [-0.15, -0.1) is 0 Å². The summed E-state index contributed by atoms with van der Waals surface area (Å²) in [4.78, 5) is 39.9. The summed E-state index contributed by atoms with van der Waals surface area (Å²) in [5.41, 5.74) is 2.69. The third-order valence-corrected chi connectivity index (χ3v) is 4.76. The monoisotopic (exact) mass is 362 g/mol. The number of carbonyl (C=O) groups is 1. The Balaban J connectivity index is 1.53. The van der Waals surface area contributed by atoms with Gasteiger partial charge in [-0.05, 0) is 73.6 Å². The first-order valence-corrected chi connectivity index (χ1v) is 8.76. The van der Waals surface area contributed by atoms with E-state index < -0.39 is 0 Å². The van der Waals surface area contributed by atoms with Crippen LogP contribution in [0.1, 0.15) is 47.5 Å². The molecule has 0 heterocycles. The number of carbonyl (C=O) groups excluding carboxylic acids is 3. The summed E-state index contributed by atoms with van der Waals surface area (Å²) in [6, 6.07) is 13.9. The summed E-state index contributed by atoms with van der Waals surface area (Å²) in [7, 11) is 0. The number of hydrogen-bond donors (Lipinski definition) is 0. The molecule has 1 aliphatic carbocycles. The largest absolute Gasteiger partial charge is 0.459 e. The lowest BCUT2D eigenvalue weighted by atomic mass is 9.82. The lowest BCUT2D eigenvalue weighted by Gasteiger charge is -2.28. The van der Waals surface area contributed by atoms with Crippen LogP contribution in [0, 0.1) is 0 Å². The molecular formula is C21H18N2O4. The second kappa shape index (κ2) is 8.86. The van der Waals surface area contributed by atoms with Crippen molar-refractivity contribution in [2.45, 2.75) is 37.7 Å². The normalized spacial score (nSPS) is 18.7. The van der Waals surface area contributed by atoms with E-state index in [1.165, 1.54) is 17.7 Å². The number of hydrogen-bond acceptors (Lipinski definition) is 6. The third-order valence-electron chi connectivity index (χ3n) is 4.76. The van der Waals surface area contributed by atoms with Crippen molar-refractivity contribution in [1.82, 2.24) is 0 Å². The first-order valence-electron chi connectivity index (χ1n) is 8.76. The van der Waals surface area contributed by atoms with Crippen LogP contribution in [-0.4, -0.2) is 24.2 Å². The van der Waals surface area contributed by atoms with Crippen LogP contribution in [0.5, 0.6) is 0 Å². The maximum absolute atomic E-state index is 12.3. The van der Waals surface area contributed by atoms with Gasteiger partial charge in [-0.2, -0.15) is 9.98 Å². The molecule has 0 bridgehead atoms. The van der Waals surface area contributed by atoms with E-state index in [0.29, 0.717) is 22.9 Å². The summed E-state index contributed by atoms with van der Waals surface area (Å²) in [6.07, 6.45) is 6.37. The van der Waals surface area contributed by atoms with E-state index in [4.69, 9.17) is 4.74 Å². The molecule has 0 aliphatic heterocycles. The minimum absolute atomic E-state index is 0.0969. The molecule has 0 amide bonds. The van der Waals surface area contributed by atoms with Crippen molar-refractivity contribution < 1.29 is 19.1 Å². The van der Waals surface area contributed by atoms with Crippen LogP contribution >= 0.6 is 0 Å². The van der Waals surface area contributed by atoms with E-state index in [-0.39, 0.29) is 12.1 Å². The molecule has 3 rings (SSSR count). The summed E-state index contributed by atoms with van der Waals surface area (Å²) in [5.74, 6) is 0.0471. The zero-order valence-electron chi connectivity index (χ0n) is 14.6. The highest BCUT2D eigenvalue weighted by molar-refractivity contribution is 5.89. The zero-order valence-corrected chi connectivity index (χ0v) is 14.6. The molecule has 1 saturated carbocycles. The average Bonchev–Trinajstić information content (AvgIpc) is 2.70. The van der Waals surface area contributed by atoms with Gasteiger partial charge in [0.1, 0.15) is 6.10 Å². The highest BCUT2D eigenvalue weighted by Gasteiger charge is 2.25. The Morgan fingerprint density at radius 3 is 1.85 bits per heavy atom. The van der Waals surface area contributed by atoms with Gasteiger partial charge in [0.15, 0.2) is 0 Å². The number of nitrogens with zero attached hydrogens (tertiary/aromatic N) is 2. The van der Waals surface area contributed by atoms with Crippen LogP contribution in [0.15, 0.2) is 58.5 Å². The minimum atomic E-state index is -0.365. The first-order chi connectivity index (χ1) is 13.2. The molecule has 2 aromatic rings. The molecule has 6 nitrogen and oxygen atoms in total. The van der Waals surface area contributed by atoms with Crippen molar-refractivity contribution in [3.8, 4) is 0 Å². The second-order valence-corrected chi connectivity index (χ2v) is 6.42. The SMILES string of the molecule is O=C=Nc1ccc(C(=O)O[C@H]2CC[C@H](c3ccc(N=C=O)cc3)CC2)cc1. The van der Waals surface area contributed by atoms with Crippen molar-refractivity contribution in [3.63, 3.8) is 0 Å². The fraction of sp³-hybridized carbons (Fsp3) is 0.286. The molecule has 136 valence electrons. The Hall–Kier alpha value is -3.33. The smallest absolute Gasteiger partial charge is 0.338 e. The van der Waals surface area contributed by atoms with Crippen LogP contribution in [-0.2, 0) is 14.3 Å². The Bertz CT molecular complexity index is 885. The van der Waals surface area contributed by atoms with E-state index in [1.54, 1.807) is 24.3 Å². The molecule has 27 heavy (non-hydrogen) atoms. The Kier molecular flexibility index (Phi) is 6.06. The molecule has 1 aliphatic rings. The van der Waals surface area contributed by atoms with Gasteiger partial charge in [0.05, 0.1) is 16.9 Å². The van der Waals surface area contributed by atoms with Crippen LogP contribution < -0.4 is 0 Å². The second-order valence-electron chi connectivity index (χ2n) is 6.42. The average molecular weight is 362 g/mol. The molecule has 0 atom stereocenters. The third kappa shape index (κ3) is 4.85. The van der Waals surface area contributed by atoms with Gasteiger partial charge in [-0.25, -0.2) is 14.4 Å². The lowest BCUT2D eigenvalue weighted by molar-refractivity contribution is 0.0195. The number of aliphatic imine (C=N–C) groups is 2. The molecule has 6 heteroatoms. The number of ether oxygens (including phenoxy) is 1. The van der Waals surface area contributed by atoms with Gasteiger partial charge < -0.3 is 4.74 Å². The maximum Gasteiger partial charge on any atom is 0.338 e. The zero-order chi connectivity index (χ0) is 19.1. The highest BCUT2D eigenvalue weighted by Crippen LogP contribution is 2.35. The molecule has 0 saturated heterocycles. The number of isocyanates is 2. The molecule has 2 aromatic carbocycles. The Morgan fingerprint density at radius 1 is 0.815 bits per heavy atom. The van der Waals surface area contributed by atoms with Gasteiger partial charge in [-0.1, -0.05) is 12.1 Å². The van der Waals surface area contributed by atoms with Crippen LogP contribution in [0.4, 0.5) is 11.4 Å². The van der Waals surface area contributed by atoms with Gasteiger partial charge in [0.25, 0.3) is 0 Å². The van der Waals surface area contributed by atoms with Crippen LogP contribution in [0.3, 0.4) is 0 Å². The Labute approximate surface area is 156 Å². The van der Waals surface area contributed by atoms with Crippen LogP contribution in [0.2, 0.25) is 0 Å². The predicted molar refractivity (Wildman–Crippen MR) is 98.9 cm³/mol. The van der Waals surface area contributed by atoms with E-state index in [9.17, 15) is 14.4 Å². The van der Waals surface area contributed by atoms with E-state index >= 15 is 0 Å². The van der Waals surface area contributed by atoms with E-state index in [1.807, 2.05) is 24.3 Å². The molecule has 0 radical (unpaired) electrons. The number of rotatable bonds is 5. The fourth-order valence-corrected chi connectivity index (χ4v) is 3.33. The summed E-state index contributed by atoms with van der Waals surface area (Å²) < 4.78 is 5.61. The van der Waals surface area contributed by atoms with Crippen molar-refractivity contribution in [3.05, 3.63) is 59.7 Å². The Morgan fingerprint density at radius 2 is 1.33 bits per heavy atom. The maximum atomic E-state index is 12.3. The summed E-state index contributed by atoms with van der Waals surface area (Å²) in [5, 5.41) is 0. The van der Waals surface area contributed by atoms with Crippen LogP contribution in [0.25, 0.3) is 0 Å². The summed E-state index contributed by atoms with van der Waals surface area (Å²) >= 11 is 0. The standard InChI is InChI=1S/C21H18N2O4/c24-13-22-18-7-1-15(2-8-18)16-5-11-20(12-6-16)27-21(26)17-3-9-19(10-4-17)23-14-25/h1-4,7-10,16,20H,5-6,11-12H2/t16-,20-. The first kappa shape index (κ1) is 18.5. The highest BCUT2D eigenvalue weighted by atomic mass is 16.5. The number of benzene rings is 2. The minimum Gasteiger partial charge on any atom is -0.459 e.